The van der Waals surface area contributed by atoms with Gasteiger partial charge < -0.3 is 11.1 Å². The van der Waals surface area contributed by atoms with Gasteiger partial charge in [0.1, 0.15) is 17.8 Å². The van der Waals surface area contributed by atoms with Gasteiger partial charge in [0.25, 0.3) is 0 Å². The molecule has 33 heavy (non-hydrogen) atoms. The Bertz CT molecular complexity index is 1320. The number of aliphatic imine (C=N–C) groups is 1. The summed E-state index contributed by atoms with van der Waals surface area (Å²) in [5.41, 5.74) is 8.98. The molecule has 3 heterocycles. The number of hydrogen-bond acceptors (Lipinski definition) is 6. The fraction of sp³-hybridized carbons (Fsp3) is 0.130. The number of aromatic nitrogens is 4. The summed E-state index contributed by atoms with van der Waals surface area (Å²) in [6, 6.07) is 11.6. The predicted molar refractivity (Wildman–Crippen MR) is 122 cm³/mol. The third-order valence-electron chi connectivity index (χ3n) is 4.98. The maximum absolute atomic E-state index is 13.0. The van der Waals surface area contributed by atoms with Gasteiger partial charge >= 0.3 is 6.18 Å². The summed E-state index contributed by atoms with van der Waals surface area (Å²) in [4.78, 5) is 16.6. The van der Waals surface area contributed by atoms with E-state index >= 15 is 0 Å². The minimum atomic E-state index is -4.43. The first-order valence-corrected chi connectivity index (χ1v) is 9.93. The number of pyridine rings is 1. The second-order valence-corrected chi connectivity index (χ2v) is 7.13. The van der Waals surface area contributed by atoms with Gasteiger partial charge in [0.2, 0.25) is 0 Å². The Balaban J connectivity index is 1.51. The highest BCUT2D eigenvalue weighted by molar-refractivity contribution is 6.09. The van der Waals surface area contributed by atoms with E-state index in [4.69, 9.17) is 5.73 Å². The topological polar surface area (TPSA) is 93.5 Å². The standard InChI is InChI=1S/C23H20F3N7/c1-28-12-17(10-27)16-4-2-15(3-5-16)11-29-21-9-19(31-14-32-21)20-13-30-22-8-18(23(24,25)26)6-7-33(20)22/h2-10,12-14H,11,27H2,1H3,(H,29,31,32)/b17-10+,28-12?. The van der Waals surface area contributed by atoms with Crippen LogP contribution < -0.4 is 11.1 Å². The van der Waals surface area contributed by atoms with Crippen molar-refractivity contribution in [2.45, 2.75) is 12.7 Å². The number of hydrogen-bond donors (Lipinski definition) is 2. The average molecular weight is 451 g/mol. The lowest BCUT2D eigenvalue weighted by Gasteiger charge is -2.09. The van der Waals surface area contributed by atoms with Crippen molar-refractivity contribution >= 4 is 23.3 Å². The number of fused-ring (bicyclic) bond motifs is 1. The van der Waals surface area contributed by atoms with E-state index in [1.54, 1.807) is 23.7 Å². The van der Waals surface area contributed by atoms with E-state index in [1.807, 2.05) is 24.3 Å². The van der Waals surface area contributed by atoms with Gasteiger partial charge in [0.05, 0.1) is 23.1 Å². The van der Waals surface area contributed by atoms with Crippen LogP contribution in [-0.2, 0) is 12.7 Å². The Morgan fingerprint density at radius 3 is 2.61 bits per heavy atom. The first-order chi connectivity index (χ1) is 15.9. The maximum Gasteiger partial charge on any atom is 0.416 e. The molecule has 3 N–H and O–H groups in total. The Kier molecular flexibility index (Phi) is 6.07. The molecule has 0 aliphatic heterocycles. The van der Waals surface area contributed by atoms with Crippen molar-refractivity contribution < 1.29 is 13.2 Å². The number of rotatable bonds is 6. The minimum absolute atomic E-state index is 0.187. The SMILES string of the molecule is CN=C/C(=C\N)c1ccc(CNc2cc(-c3cnc4cc(C(F)(F)F)ccn34)ncn2)cc1. The van der Waals surface area contributed by atoms with Crippen molar-refractivity contribution in [3.05, 3.63) is 84.1 Å². The molecule has 0 amide bonds. The van der Waals surface area contributed by atoms with Crippen molar-refractivity contribution in [1.82, 2.24) is 19.4 Å². The first-order valence-electron chi connectivity index (χ1n) is 9.93. The summed E-state index contributed by atoms with van der Waals surface area (Å²) < 4.78 is 40.4. The normalized spacial score (nSPS) is 12.5. The average Bonchev–Trinajstić information content (AvgIpc) is 3.25. The van der Waals surface area contributed by atoms with Crippen molar-refractivity contribution in [3.8, 4) is 11.4 Å². The quantitative estimate of drug-likeness (QED) is 0.423. The van der Waals surface area contributed by atoms with Crippen molar-refractivity contribution in [3.63, 3.8) is 0 Å². The molecule has 4 aromatic rings. The number of imidazole rings is 1. The largest absolute Gasteiger partial charge is 0.416 e. The molecule has 3 aromatic heterocycles. The second-order valence-electron chi connectivity index (χ2n) is 7.13. The van der Waals surface area contributed by atoms with Crippen LogP contribution in [0.2, 0.25) is 0 Å². The zero-order valence-corrected chi connectivity index (χ0v) is 17.6. The lowest BCUT2D eigenvalue weighted by Crippen LogP contribution is -2.05. The molecule has 10 heteroatoms. The Morgan fingerprint density at radius 1 is 1.12 bits per heavy atom. The van der Waals surface area contributed by atoms with E-state index in [1.165, 1.54) is 24.9 Å². The van der Waals surface area contributed by atoms with Gasteiger partial charge in [-0.2, -0.15) is 13.2 Å². The smallest absolute Gasteiger partial charge is 0.404 e. The number of alkyl halides is 3. The predicted octanol–water partition coefficient (Wildman–Crippen LogP) is 4.42. The van der Waals surface area contributed by atoms with Crippen LogP contribution in [0.25, 0.3) is 22.6 Å². The number of nitrogens with zero attached hydrogens (tertiary/aromatic N) is 5. The molecular formula is C23H20F3N7. The molecule has 0 bridgehead atoms. The van der Waals surface area contributed by atoms with Crippen LogP contribution in [-0.4, -0.2) is 32.6 Å². The van der Waals surface area contributed by atoms with E-state index in [0.29, 0.717) is 23.8 Å². The lowest BCUT2D eigenvalue weighted by molar-refractivity contribution is -0.137. The molecule has 4 rings (SSSR count). The molecular weight excluding hydrogens is 431 g/mol. The zero-order valence-electron chi connectivity index (χ0n) is 17.6. The Hall–Kier alpha value is -4.21. The molecule has 0 radical (unpaired) electrons. The number of anilines is 1. The first kappa shape index (κ1) is 22.0. The Labute approximate surface area is 187 Å². The molecule has 0 unspecified atom stereocenters. The van der Waals surface area contributed by atoms with E-state index in [2.05, 4.69) is 25.3 Å². The van der Waals surface area contributed by atoms with Gasteiger partial charge in [-0.05, 0) is 23.3 Å². The van der Waals surface area contributed by atoms with Crippen LogP contribution in [0.1, 0.15) is 16.7 Å². The zero-order chi connectivity index (χ0) is 23.4. The van der Waals surface area contributed by atoms with E-state index in [0.717, 1.165) is 28.8 Å². The van der Waals surface area contributed by atoms with Gasteiger partial charge in [0, 0.05) is 43.8 Å². The number of halogens is 3. The van der Waals surface area contributed by atoms with Crippen LogP contribution in [0.3, 0.4) is 0 Å². The van der Waals surface area contributed by atoms with Crippen LogP contribution in [0.15, 0.2) is 72.4 Å². The maximum atomic E-state index is 13.0. The highest BCUT2D eigenvalue weighted by Crippen LogP contribution is 2.30. The van der Waals surface area contributed by atoms with Gasteiger partial charge in [0.15, 0.2) is 0 Å². The van der Waals surface area contributed by atoms with Crippen molar-refractivity contribution in [2.24, 2.45) is 10.7 Å². The fourth-order valence-corrected chi connectivity index (χ4v) is 3.30. The third-order valence-corrected chi connectivity index (χ3v) is 4.98. The lowest BCUT2D eigenvalue weighted by atomic mass is 10.1. The summed E-state index contributed by atoms with van der Waals surface area (Å²) in [6.45, 7) is 0.516. The minimum Gasteiger partial charge on any atom is -0.404 e. The van der Waals surface area contributed by atoms with Crippen molar-refractivity contribution in [1.29, 1.82) is 0 Å². The summed E-state index contributed by atoms with van der Waals surface area (Å²) >= 11 is 0. The molecule has 168 valence electrons. The summed E-state index contributed by atoms with van der Waals surface area (Å²) in [6.07, 6.45) is 3.00. The van der Waals surface area contributed by atoms with Crippen LogP contribution in [0.5, 0.6) is 0 Å². The van der Waals surface area contributed by atoms with Crippen LogP contribution in [0.4, 0.5) is 19.0 Å². The highest BCUT2D eigenvalue weighted by Gasteiger charge is 2.31. The molecule has 0 aliphatic carbocycles. The van der Waals surface area contributed by atoms with Gasteiger partial charge in [-0.15, -0.1) is 0 Å². The molecule has 0 saturated carbocycles. The van der Waals surface area contributed by atoms with Gasteiger partial charge in [-0.1, -0.05) is 24.3 Å². The summed E-state index contributed by atoms with van der Waals surface area (Å²) in [5.74, 6) is 0.576. The summed E-state index contributed by atoms with van der Waals surface area (Å²) in [7, 11) is 1.68. The second kappa shape index (κ2) is 9.11. The third kappa shape index (κ3) is 4.84. The molecule has 0 atom stereocenters. The van der Waals surface area contributed by atoms with Crippen molar-refractivity contribution in [2.75, 3.05) is 12.4 Å². The monoisotopic (exact) mass is 451 g/mol. The van der Waals surface area contributed by atoms with Crippen LogP contribution >= 0.6 is 0 Å². The molecule has 0 spiro atoms. The number of allylic oxidation sites excluding steroid dienone is 1. The highest BCUT2D eigenvalue weighted by atomic mass is 19.4. The molecule has 0 aliphatic rings. The molecule has 0 fully saturated rings. The van der Waals surface area contributed by atoms with E-state index < -0.39 is 11.7 Å². The van der Waals surface area contributed by atoms with Gasteiger partial charge in [-0.3, -0.25) is 9.39 Å². The molecule has 1 aromatic carbocycles. The molecule has 7 nitrogen and oxygen atoms in total. The van der Waals surface area contributed by atoms with Gasteiger partial charge in [-0.25, -0.2) is 15.0 Å². The summed E-state index contributed by atoms with van der Waals surface area (Å²) in [5, 5.41) is 3.23. The number of nitrogens with one attached hydrogen (secondary N) is 1. The number of benzene rings is 1. The van der Waals surface area contributed by atoms with Crippen LogP contribution in [0, 0.1) is 0 Å². The molecule has 0 saturated heterocycles. The number of nitrogens with two attached hydrogens (primary N) is 1. The Morgan fingerprint density at radius 2 is 1.91 bits per heavy atom. The fourth-order valence-electron chi connectivity index (χ4n) is 3.30. The van der Waals surface area contributed by atoms with E-state index in [-0.39, 0.29) is 5.65 Å². The van der Waals surface area contributed by atoms with E-state index in [9.17, 15) is 13.2 Å².